The van der Waals surface area contributed by atoms with E-state index >= 15 is 0 Å². The fourth-order valence-electron chi connectivity index (χ4n) is 3.73. The van der Waals surface area contributed by atoms with E-state index in [-0.39, 0.29) is 11.5 Å². The van der Waals surface area contributed by atoms with Crippen LogP contribution in [0.1, 0.15) is 40.2 Å². The molecule has 1 aromatic carbocycles. The van der Waals surface area contributed by atoms with Crippen molar-refractivity contribution >= 4 is 17.3 Å². The third kappa shape index (κ3) is 3.75. The summed E-state index contributed by atoms with van der Waals surface area (Å²) < 4.78 is 40.6. The second kappa shape index (κ2) is 7.63. The fourth-order valence-corrected chi connectivity index (χ4v) is 3.73. The molecule has 10 heteroatoms. The number of aryl methyl sites for hydroxylation is 1. The number of hydrazone groups is 1. The molecule has 2 aromatic heterocycles. The minimum atomic E-state index is -4.52. The van der Waals surface area contributed by atoms with Crippen molar-refractivity contribution < 1.29 is 18.0 Å². The van der Waals surface area contributed by atoms with Crippen LogP contribution in [0.5, 0.6) is 0 Å². The second-order valence-electron chi connectivity index (χ2n) is 7.48. The number of hydrazine groups is 2. The summed E-state index contributed by atoms with van der Waals surface area (Å²) in [5.41, 5.74) is 7.78. The van der Waals surface area contributed by atoms with Crippen molar-refractivity contribution in [3.05, 3.63) is 77.4 Å². The fraction of sp³-hybridized carbons (Fsp3) is 0.182. The molecule has 0 fully saturated rings. The SMILES string of the molecule is O=C1CCCc2nc(C3=NNN(c4cc(-c5cccnc5)cc(C(F)(F)F)c4)N3)ccc21. The maximum Gasteiger partial charge on any atom is 0.416 e. The first-order chi connectivity index (χ1) is 15.4. The number of nitrogens with zero attached hydrogens (tertiary/aromatic N) is 4. The van der Waals surface area contributed by atoms with Gasteiger partial charge in [-0.1, -0.05) is 6.07 Å². The van der Waals surface area contributed by atoms with E-state index in [0.717, 1.165) is 18.6 Å². The number of benzene rings is 1. The topological polar surface area (TPSA) is 82.5 Å². The van der Waals surface area contributed by atoms with Crippen molar-refractivity contribution in [2.45, 2.75) is 25.4 Å². The third-order valence-corrected chi connectivity index (χ3v) is 5.31. The van der Waals surface area contributed by atoms with E-state index in [1.54, 1.807) is 36.5 Å². The molecule has 0 saturated heterocycles. The predicted molar refractivity (Wildman–Crippen MR) is 111 cm³/mol. The van der Waals surface area contributed by atoms with E-state index < -0.39 is 11.7 Å². The molecule has 0 saturated carbocycles. The number of carbonyl (C=O) groups excluding carboxylic acids is 1. The highest BCUT2D eigenvalue weighted by Crippen LogP contribution is 2.35. The molecule has 2 aliphatic rings. The van der Waals surface area contributed by atoms with Gasteiger partial charge in [0.1, 0.15) is 5.69 Å². The molecule has 0 spiro atoms. The molecular weight excluding hydrogens is 421 g/mol. The van der Waals surface area contributed by atoms with Gasteiger partial charge in [-0.15, -0.1) is 5.10 Å². The molecule has 0 unspecified atom stereocenters. The molecule has 0 bridgehead atoms. The van der Waals surface area contributed by atoms with Gasteiger partial charge in [-0.25, -0.2) is 4.98 Å². The molecule has 0 radical (unpaired) electrons. The van der Waals surface area contributed by atoms with Gasteiger partial charge in [0, 0.05) is 29.9 Å². The average Bonchev–Trinajstić information content (AvgIpc) is 3.29. The van der Waals surface area contributed by atoms with Gasteiger partial charge in [-0.3, -0.25) is 15.2 Å². The molecule has 3 aromatic rings. The lowest BCUT2D eigenvalue weighted by Crippen LogP contribution is -2.42. The van der Waals surface area contributed by atoms with E-state index in [9.17, 15) is 18.0 Å². The Hall–Kier alpha value is -3.95. The van der Waals surface area contributed by atoms with Crippen molar-refractivity contribution in [3.63, 3.8) is 0 Å². The molecule has 5 rings (SSSR count). The maximum atomic E-state index is 13.5. The van der Waals surface area contributed by atoms with Crippen LogP contribution in [0.3, 0.4) is 0 Å². The lowest BCUT2D eigenvalue weighted by Gasteiger charge is -2.21. The molecule has 2 N–H and O–H groups in total. The number of ketones is 1. The average molecular weight is 438 g/mol. The van der Waals surface area contributed by atoms with Gasteiger partial charge in [-0.05, 0) is 54.8 Å². The number of Topliss-reactive ketones (excluding diaryl/α,β-unsaturated/α-hetero) is 1. The van der Waals surface area contributed by atoms with Gasteiger partial charge < -0.3 is 0 Å². The van der Waals surface area contributed by atoms with Crippen LogP contribution in [0.25, 0.3) is 11.1 Å². The Labute approximate surface area is 180 Å². The van der Waals surface area contributed by atoms with Crippen molar-refractivity contribution in [1.29, 1.82) is 0 Å². The van der Waals surface area contributed by atoms with E-state index in [2.05, 4.69) is 26.0 Å². The van der Waals surface area contributed by atoms with E-state index in [1.165, 1.54) is 11.3 Å². The molecule has 32 heavy (non-hydrogen) atoms. The largest absolute Gasteiger partial charge is 0.416 e. The number of halogens is 3. The van der Waals surface area contributed by atoms with Crippen molar-refractivity contribution in [1.82, 2.24) is 20.9 Å². The number of pyridine rings is 2. The first-order valence-electron chi connectivity index (χ1n) is 9.95. The molecule has 0 amide bonds. The first kappa shape index (κ1) is 20.0. The maximum absolute atomic E-state index is 13.5. The van der Waals surface area contributed by atoms with Crippen LogP contribution in [-0.2, 0) is 12.6 Å². The van der Waals surface area contributed by atoms with Crippen LogP contribution in [-0.4, -0.2) is 21.6 Å². The molecule has 162 valence electrons. The van der Waals surface area contributed by atoms with Crippen molar-refractivity contribution in [2.24, 2.45) is 5.10 Å². The lowest BCUT2D eigenvalue weighted by molar-refractivity contribution is -0.137. The Bertz CT molecular complexity index is 1230. The number of nitrogens with one attached hydrogen (secondary N) is 2. The highest BCUT2D eigenvalue weighted by molar-refractivity contribution is 6.01. The minimum Gasteiger partial charge on any atom is -0.294 e. The standard InChI is InChI=1S/C22H17F3N6O/c23-22(24,25)15-9-14(13-3-2-8-26-12-13)10-16(11-15)31-29-21(28-30-31)19-7-6-17-18(27-19)4-1-5-20(17)32/h2-3,6-12,30H,1,4-5H2,(H,28,29). The number of amidine groups is 1. The van der Waals surface area contributed by atoms with Gasteiger partial charge >= 0.3 is 6.18 Å². The van der Waals surface area contributed by atoms with Gasteiger partial charge in [0.15, 0.2) is 11.6 Å². The number of aromatic nitrogens is 2. The summed E-state index contributed by atoms with van der Waals surface area (Å²) in [6.07, 6.45) is 0.487. The van der Waals surface area contributed by atoms with Gasteiger partial charge in [-0.2, -0.15) is 23.8 Å². The monoisotopic (exact) mass is 438 g/mol. The summed E-state index contributed by atoms with van der Waals surface area (Å²) in [4.78, 5) is 20.5. The van der Waals surface area contributed by atoms with Gasteiger partial charge in [0.25, 0.3) is 0 Å². The number of hydrogen-bond acceptors (Lipinski definition) is 7. The van der Waals surface area contributed by atoms with Crippen LogP contribution in [0.15, 0.2) is 60.0 Å². The number of alkyl halides is 3. The minimum absolute atomic E-state index is 0.0678. The number of fused-ring (bicyclic) bond motifs is 1. The first-order valence-corrected chi connectivity index (χ1v) is 9.95. The summed E-state index contributed by atoms with van der Waals surface area (Å²) in [7, 11) is 0. The van der Waals surface area contributed by atoms with Crippen LogP contribution in [0, 0.1) is 0 Å². The zero-order valence-corrected chi connectivity index (χ0v) is 16.6. The van der Waals surface area contributed by atoms with E-state index in [1.807, 2.05) is 0 Å². The number of hydrogen-bond donors (Lipinski definition) is 2. The third-order valence-electron chi connectivity index (χ3n) is 5.31. The Morgan fingerprint density at radius 1 is 1.03 bits per heavy atom. The van der Waals surface area contributed by atoms with Crippen molar-refractivity contribution in [3.8, 4) is 11.1 Å². The van der Waals surface area contributed by atoms with Gasteiger partial charge in [0.2, 0.25) is 0 Å². The van der Waals surface area contributed by atoms with E-state index in [4.69, 9.17) is 0 Å². The van der Waals surface area contributed by atoms with Crippen molar-refractivity contribution in [2.75, 3.05) is 5.12 Å². The summed E-state index contributed by atoms with van der Waals surface area (Å²) >= 11 is 0. The molecule has 7 nitrogen and oxygen atoms in total. The van der Waals surface area contributed by atoms with Crippen LogP contribution < -0.4 is 16.1 Å². The summed E-state index contributed by atoms with van der Waals surface area (Å²) in [6, 6.07) is 10.5. The molecule has 1 aliphatic carbocycles. The predicted octanol–water partition coefficient (Wildman–Crippen LogP) is 3.87. The smallest absolute Gasteiger partial charge is 0.294 e. The Morgan fingerprint density at radius 2 is 1.91 bits per heavy atom. The highest BCUT2D eigenvalue weighted by Gasteiger charge is 2.32. The van der Waals surface area contributed by atoms with Crippen LogP contribution >= 0.6 is 0 Å². The normalized spacial score (nSPS) is 15.7. The molecule has 0 atom stereocenters. The molecule has 1 aliphatic heterocycles. The number of rotatable bonds is 3. The van der Waals surface area contributed by atoms with Crippen LogP contribution in [0.2, 0.25) is 0 Å². The highest BCUT2D eigenvalue weighted by atomic mass is 19.4. The van der Waals surface area contributed by atoms with Crippen LogP contribution in [0.4, 0.5) is 18.9 Å². The Balaban J connectivity index is 1.45. The zero-order valence-electron chi connectivity index (χ0n) is 16.6. The quantitative estimate of drug-likeness (QED) is 0.646. The molecular formula is C22H17F3N6O. The molecule has 3 heterocycles. The Kier molecular flexibility index (Phi) is 4.76. The summed E-state index contributed by atoms with van der Waals surface area (Å²) in [6.45, 7) is 0. The lowest BCUT2D eigenvalue weighted by atomic mass is 9.94. The van der Waals surface area contributed by atoms with E-state index in [0.29, 0.717) is 46.8 Å². The zero-order chi connectivity index (χ0) is 22.3. The Morgan fingerprint density at radius 3 is 2.69 bits per heavy atom. The summed E-state index contributed by atoms with van der Waals surface area (Å²) in [5, 5.41) is 5.45. The number of anilines is 1. The van der Waals surface area contributed by atoms with Gasteiger partial charge in [0.05, 0.1) is 16.9 Å². The summed E-state index contributed by atoms with van der Waals surface area (Å²) in [5.74, 6) is 0.407. The number of carbonyl (C=O) groups is 1. The second-order valence-corrected chi connectivity index (χ2v) is 7.48.